The summed E-state index contributed by atoms with van der Waals surface area (Å²) in [4.78, 5) is 12.7. The van der Waals surface area contributed by atoms with E-state index in [0.717, 1.165) is 36.2 Å². The van der Waals surface area contributed by atoms with Crippen molar-refractivity contribution in [3.63, 3.8) is 0 Å². The largest absolute Gasteiger partial charge is 0.573 e. The molecule has 0 aromatic heterocycles. The van der Waals surface area contributed by atoms with Crippen LogP contribution in [0.3, 0.4) is 0 Å². The molecule has 0 fully saturated rings. The molecule has 3 aromatic rings. The van der Waals surface area contributed by atoms with Crippen molar-refractivity contribution < 1.29 is 41.3 Å². The minimum atomic E-state index is -4.99. The second-order valence-corrected chi connectivity index (χ2v) is 8.83. The Hall–Kier alpha value is -3.19. The maximum Gasteiger partial charge on any atom is 0.573 e. The van der Waals surface area contributed by atoms with E-state index in [9.17, 15) is 31.9 Å². The molecule has 13 heteroatoms. The van der Waals surface area contributed by atoms with E-state index < -0.39 is 29.7 Å². The van der Waals surface area contributed by atoms with Gasteiger partial charge in [0.15, 0.2) is 0 Å². The number of benzene rings is 3. The zero-order valence-electron chi connectivity index (χ0n) is 17.3. The summed E-state index contributed by atoms with van der Waals surface area (Å²) in [7, 11) is 0. The van der Waals surface area contributed by atoms with Crippen molar-refractivity contribution in [3.05, 3.63) is 64.1 Å². The summed E-state index contributed by atoms with van der Waals surface area (Å²) in [6.45, 7) is -0.123. The average molecular weight is 577 g/mol. The van der Waals surface area contributed by atoms with Gasteiger partial charge in [0, 0.05) is 22.8 Å². The second-order valence-electron chi connectivity index (χ2n) is 7.13. The fraction of sp³-hybridized carbons (Fsp3) is 0.136. The molecule has 1 aliphatic rings. The van der Waals surface area contributed by atoms with Gasteiger partial charge in [0.25, 0.3) is 5.91 Å². The van der Waals surface area contributed by atoms with Gasteiger partial charge in [-0.2, -0.15) is 0 Å². The Labute approximate surface area is 207 Å². The van der Waals surface area contributed by atoms with Gasteiger partial charge in [0.1, 0.15) is 35.5 Å². The lowest BCUT2D eigenvalue weighted by Gasteiger charge is -2.16. The zero-order chi connectivity index (χ0) is 25.3. The molecule has 0 aliphatic carbocycles. The van der Waals surface area contributed by atoms with Gasteiger partial charge in [-0.1, -0.05) is 0 Å². The van der Waals surface area contributed by atoms with E-state index in [1.807, 2.05) is 0 Å². The van der Waals surface area contributed by atoms with E-state index in [0.29, 0.717) is 6.07 Å². The molecular formula is C22H14BrF5N2O4S. The molecule has 1 aliphatic heterocycles. The van der Waals surface area contributed by atoms with Crippen molar-refractivity contribution in [2.75, 3.05) is 17.9 Å². The van der Waals surface area contributed by atoms with E-state index in [1.165, 1.54) is 12.1 Å². The van der Waals surface area contributed by atoms with Gasteiger partial charge in [-0.3, -0.25) is 4.79 Å². The third-order valence-electron chi connectivity index (χ3n) is 4.74. The Bertz CT molecular complexity index is 1310. The molecule has 0 saturated carbocycles. The Morgan fingerprint density at radius 1 is 1.06 bits per heavy atom. The molecule has 35 heavy (non-hydrogen) atoms. The van der Waals surface area contributed by atoms with E-state index in [-0.39, 0.29) is 56.4 Å². The van der Waals surface area contributed by atoms with Crippen LogP contribution in [0.2, 0.25) is 0 Å². The molecule has 4 bridgehead atoms. The second kappa shape index (κ2) is 9.82. The van der Waals surface area contributed by atoms with Gasteiger partial charge < -0.3 is 24.6 Å². The smallest absolute Gasteiger partial charge is 0.506 e. The summed E-state index contributed by atoms with van der Waals surface area (Å²) >= 11 is 3.90. The lowest BCUT2D eigenvalue weighted by Crippen LogP contribution is -2.28. The summed E-state index contributed by atoms with van der Waals surface area (Å²) < 4.78 is 79.9. The van der Waals surface area contributed by atoms with Gasteiger partial charge in [-0.05, 0) is 64.3 Å². The van der Waals surface area contributed by atoms with Crippen LogP contribution in [0.15, 0.2) is 51.8 Å². The summed E-state index contributed by atoms with van der Waals surface area (Å²) in [6, 6.07) is 7.43. The van der Waals surface area contributed by atoms with Crippen LogP contribution in [0.25, 0.3) is 11.1 Å². The third kappa shape index (κ3) is 5.73. The molecule has 3 aromatic carbocycles. The lowest BCUT2D eigenvalue weighted by molar-refractivity contribution is -0.274. The van der Waals surface area contributed by atoms with Crippen LogP contribution in [0.1, 0.15) is 10.4 Å². The predicted octanol–water partition coefficient (Wildman–Crippen LogP) is 6.24. The molecule has 0 saturated heterocycles. The van der Waals surface area contributed by atoms with Crippen molar-refractivity contribution >= 4 is 39.5 Å². The molecule has 0 spiro atoms. The number of fused-ring (bicyclic) bond motifs is 6. The maximum absolute atomic E-state index is 14.8. The van der Waals surface area contributed by atoms with Crippen LogP contribution in [-0.2, 0) is 0 Å². The van der Waals surface area contributed by atoms with Crippen molar-refractivity contribution in [1.82, 2.24) is 5.32 Å². The Morgan fingerprint density at radius 2 is 1.83 bits per heavy atom. The average Bonchev–Trinajstić information content (AvgIpc) is 2.77. The first-order valence-electron chi connectivity index (χ1n) is 9.77. The number of ether oxygens (including phenoxy) is 2. The van der Waals surface area contributed by atoms with E-state index in [1.54, 1.807) is 0 Å². The highest BCUT2D eigenvalue weighted by Gasteiger charge is 2.31. The number of alkyl halides is 3. The number of amides is 1. The fourth-order valence-corrected chi connectivity index (χ4v) is 4.56. The number of phenolic OH excluding ortho intramolecular Hbond substituents is 1. The van der Waals surface area contributed by atoms with Gasteiger partial charge in [-0.25, -0.2) is 8.78 Å². The number of hydrogen-bond acceptors (Lipinski definition) is 6. The van der Waals surface area contributed by atoms with Gasteiger partial charge in [0.2, 0.25) is 0 Å². The highest BCUT2D eigenvalue weighted by Crippen LogP contribution is 2.41. The normalized spacial score (nSPS) is 13.9. The number of carbonyl (C=O) groups excluding carboxylic acids is 1. The maximum atomic E-state index is 14.8. The number of phenols is 1. The molecule has 0 atom stereocenters. The van der Waals surface area contributed by atoms with Crippen LogP contribution < -0.4 is 19.5 Å². The SMILES string of the molecule is O=C1NCCOc2ccc(OC(F)(F)F)cc2-c2cc(c(F)cc2F)NSc2cc1cc(Br)c2O. The predicted molar refractivity (Wildman–Crippen MR) is 122 cm³/mol. The molecule has 4 rings (SSSR count). The highest BCUT2D eigenvalue weighted by atomic mass is 79.9. The van der Waals surface area contributed by atoms with Gasteiger partial charge >= 0.3 is 6.36 Å². The first-order valence-corrected chi connectivity index (χ1v) is 11.4. The van der Waals surface area contributed by atoms with Crippen LogP contribution in [0.4, 0.5) is 27.6 Å². The van der Waals surface area contributed by atoms with Crippen molar-refractivity contribution in [3.8, 4) is 28.4 Å². The van der Waals surface area contributed by atoms with Crippen LogP contribution in [0, 0.1) is 11.6 Å². The molecule has 6 nitrogen and oxygen atoms in total. The Balaban J connectivity index is 1.82. The molecule has 1 amide bonds. The molecule has 0 unspecified atom stereocenters. The molecule has 3 N–H and O–H groups in total. The highest BCUT2D eigenvalue weighted by molar-refractivity contribution is 9.10. The van der Waals surface area contributed by atoms with Crippen LogP contribution in [-0.4, -0.2) is 30.5 Å². The van der Waals surface area contributed by atoms with Crippen molar-refractivity contribution in [2.45, 2.75) is 11.3 Å². The van der Waals surface area contributed by atoms with E-state index in [4.69, 9.17) is 4.74 Å². The summed E-state index contributed by atoms with van der Waals surface area (Å²) in [6.07, 6.45) is -4.99. The standard InChI is InChI=1S/C22H14BrF5N2O4S/c23-14-5-10-6-19(20(14)31)35-30-17-8-12(15(24)9-16(17)25)13-7-11(34-22(26,27)28)1-2-18(13)33-4-3-29-21(10)32/h1-2,5-9,30-31H,3-4H2,(H,29,32). The van der Waals surface area contributed by atoms with Gasteiger partial charge in [0.05, 0.1) is 21.6 Å². The van der Waals surface area contributed by atoms with Crippen molar-refractivity contribution in [2.24, 2.45) is 0 Å². The number of anilines is 1. The zero-order valence-corrected chi connectivity index (χ0v) is 19.7. The topological polar surface area (TPSA) is 79.8 Å². The first-order chi connectivity index (χ1) is 16.5. The molecular weight excluding hydrogens is 563 g/mol. The fourth-order valence-electron chi connectivity index (χ4n) is 3.20. The van der Waals surface area contributed by atoms with Crippen LogP contribution >= 0.6 is 27.9 Å². The quantitative estimate of drug-likeness (QED) is 0.235. The molecule has 0 radical (unpaired) electrons. The first kappa shape index (κ1) is 24.9. The number of halogens is 6. The number of hydrogen-bond donors (Lipinski definition) is 3. The summed E-state index contributed by atoms with van der Waals surface area (Å²) in [5.41, 5.74) is -0.456. The minimum absolute atomic E-state index is 0.00452. The number of carbonyl (C=O) groups is 1. The van der Waals surface area contributed by atoms with Crippen LogP contribution in [0.5, 0.6) is 17.2 Å². The molecule has 184 valence electrons. The monoisotopic (exact) mass is 576 g/mol. The lowest BCUT2D eigenvalue weighted by atomic mass is 10.0. The Morgan fingerprint density at radius 3 is 2.57 bits per heavy atom. The summed E-state index contributed by atoms with van der Waals surface area (Å²) in [5, 5.41) is 12.9. The van der Waals surface area contributed by atoms with E-state index in [2.05, 4.69) is 30.7 Å². The number of nitrogens with one attached hydrogen (secondary N) is 2. The number of rotatable bonds is 1. The van der Waals surface area contributed by atoms with E-state index >= 15 is 0 Å². The van der Waals surface area contributed by atoms with Crippen molar-refractivity contribution in [1.29, 1.82) is 0 Å². The van der Waals surface area contributed by atoms with Gasteiger partial charge in [-0.15, -0.1) is 13.2 Å². The molecule has 1 heterocycles. The number of aromatic hydroxyl groups is 1. The summed E-state index contributed by atoms with van der Waals surface area (Å²) in [5.74, 6) is -3.44. The minimum Gasteiger partial charge on any atom is -0.506 e. The third-order valence-corrected chi connectivity index (χ3v) is 6.20. The Kier molecular flexibility index (Phi) is 6.99.